The number of aromatic amines is 1. The molecule has 19 heavy (non-hydrogen) atoms. The van der Waals surface area contributed by atoms with Crippen LogP contribution >= 0.6 is 0 Å². The normalized spacial score (nSPS) is 10.2. The fourth-order valence-corrected chi connectivity index (χ4v) is 1.59. The topological polar surface area (TPSA) is 95.6 Å². The van der Waals surface area contributed by atoms with Crippen LogP contribution in [0, 0.1) is 0 Å². The van der Waals surface area contributed by atoms with Gasteiger partial charge in [-0.2, -0.15) is 5.10 Å². The summed E-state index contributed by atoms with van der Waals surface area (Å²) in [6.07, 6.45) is 3.83. The van der Waals surface area contributed by atoms with Crippen molar-refractivity contribution in [3.8, 4) is 0 Å². The van der Waals surface area contributed by atoms with E-state index in [2.05, 4.69) is 30.8 Å². The Kier molecular flexibility index (Phi) is 4.44. The largest absolute Gasteiger partial charge is 0.384 e. The van der Waals surface area contributed by atoms with Gasteiger partial charge in [-0.1, -0.05) is 0 Å². The number of pyridine rings is 1. The first-order chi connectivity index (χ1) is 9.29. The van der Waals surface area contributed by atoms with Gasteiger partial charge < -0.3 is 10.6 Å². The predicted molar refractivity (Wildman–Crippen MR) is 70.8 cm³/mol. The van der Waals surface area contributed by atoms with Gasteiger partial charge in [-0.3, -0.25) is 14.9 Å². The van der Waals surface area contributed by atoms with E-state index in [1.54, 1.807) is 12.3 Å². The third kappa shape index (κ3) is 3.77. The number of hydrogen-bond acceptors (Lipinski definition) is 5. The van der Waals surface area contributed by atoms with E-state index < -0.39 is 0 Å². The van der Waals surface area contributed by atoms with Crippen molar-refractivity contribution >= 4 is 11.6 Å². The van der Waals surface area contributed by atoms with Crippen molar-refractivity contribution in [3.05, 3.63) is 36.2 Å². The molecule has 0 spiro atoms. The summed E-state index contributed by atoms with van der Waals surface area (Å²) in [6.45, 7) is 3.16. The van der Waals surface area contributed by atoms with E-state index in [4.69, 9.17) is 0 Å². The van der Waals surface area contributed by atoms with Gasteiger partial charge in [-0.05, 0) is 19.1 Å². The van der Waals surface area contributed by atoms with Crippen molar-refractivity contribution in [1.29, 1.82) is 0 Å². The number of carbonyl (C=O) groups excluding carboxylic acids is 1. The van der Waals surface area contributed by atoms with Crippen LogP contribution in [-0.2, 0) is 6.42 Å². The van der Waals surface area contributed by atoms with Gasteiger partial charge >= 0.3 is 0 Å². The van der Waals surface area contributed by atoms with Gasteiger partial charge in [0, 0.05) is 31.4 Å². The Bertz CT molecular complexity index is 525. The van der Waals surface area contributed by atoms with Gasteiger partial charge in [0.05, 0.1) is 0 Å². The van der Waals surface area contributed by atoms with E-state index in [1.165, 1.54) is 6.33 Å². The number of anilines is 1. The molecule has 0 aliphatic rings. The molecule has 7 heteroatoms. The van der Waals surface area contributed by atoms with Crippen LogP contribution in [0.15, 0.2) is 24.7 Å². The zero-order valence-electron chi connectivity index (χ0n) is 10.7. The van der Waals surface area contributed by atoms with E-state index >= 15 is 0 Å². The second-order valence-electron chi connectivity index (χ2n) is 3.90. The van der Waals surface area contributed by atoms with Crippen molar-refractivity contribution in [2.45, 2.75) is 13.3 Å². The van der Waals surface area contributed by atoms with Crippen LogP contribution in [0.3, 0.4) is 0 Å². The van der Waals surface area contributed by atoms with Crippen LogP contribution in [0.5, 0.6) is 0 Å². The Balaban J connectivity index is 1.90. The molecule has 0 aromatic carbocycles. The zero-order chi connectivity index (χ0) is 13.5. The number of nitrogens with one attached hydrogen (secondary N) is 3. The van der Waals surface area contributed by atoms with Crippen molar-refractivity contribution < 1.29 is 4.79 Å². The SMILES string of the molecule is CCNC(=O)c1cc(NCCc2ncn[nH]2)ccn1. The molecule has 100 valence electrons. The molecule has 1 amide bonds. The van der Waals surface area contributed by atoms with Crippen molar-refractivity contribution in [1.82, 2.24) is 25.5 Å². The Morgan fingerprint density at radius 1 is 1.42 bits per heavy atom. The summed E-state index contributed by atoms with van der Waals surface area (Å²) in [7, 11) is 0. The van der Waals surface area contributed by atoms with Crippen molar-refractivity contribution in [2.75, 3.05) is 18.4 Å². The lowest BCUT2D eigenvalue weighted by Crippen LogP contribution is -2.23. The summed E-state index contributed by atoms with van der Waals surface area (Å²) >= 11 is 0. The number of rotatable bonds is 6. The van der Waals surface area contributed by atoms with Gasteiger partial charge in [0.2, 0.25) is 0 Å². The molecule has 2 aromatic rings. The van der Waals surface area contributed by atoms with Crippen LogP contribution in [0.4, 0.5) is 5.69 Å². The highest BCUT2D eigenvalue weighted by Crippen LogP contribution is 2.07. The van der Waals surface area contributed by atoms with Gasteiger partial charge in [0.15, 0.2) is 0 Å². The molecule has 3 N–H and O–H groups in total. The summed E-state index contributed by atoms with van der Waals surface area (Å²) in [5.74, 6) is 0.659. The number of hydrogen-bond donors (Lipinski definition) is 3. The van der Waals surface area contributed by atoms with Gasteiger partial charge in [-0.25, -0.2) is 4.98 Å². The fraction of sp³-hybridized carbons (Fsp3) is 0.333. The summed E-state index contributed by atoms with van der Waals surface area (Å²) in [5, 5.41) is 12.5. The molecular weight excluding hydrogens is 244 g/mol. The lowest BCUT2D eigenvalue weighted by molar-refractivity contribution is 0.0951. The molecule has 2 aromatic heterocycles. The average Bonchev–Trinajstić information content (AvgIpc) is 2.93. The first kappa shape index (κ1) is 13.0. The first-order valence-electron chi connectivity index (χ1n) is 6.12. The minimum absolute atomic E-state index is 0.165. The summed E-state index contributed by atoms with van der Waals surface area (Å²) < 4.78 is 0. The third-order valence-corrected chi connectivity index (χ3v) is 2.49. The molecule has 0 aliphatic carbocycles. The molecule has 2 heterocycles. The molecule has 0 saturated heterocycles. The fourth-order valence-electron chi connectivity index (χ4n) is 1.59. The highest BCUT2D eigenvalue weighted by Gasteiger charge is 2.06. The molecule has 0 radical (unpaired) electrons. The first-order valence-corrected chi connectivity index (χ1v) is 6.12. The average molecular weight is 260 g/mol. The molecule has 0 atom stereocenters. The van der Waals surface area contributed by atoms with E-state index in [0.29, 0.717) is 18.8 Å². The lowest BCUT2D eigenvalue weighted by Gasteiger charge is -2.07. The Morgan fingerprint density at radius 2 is 2.32 bits per heavy atom. The number of H-pyrrole nitrogens is 1. The van der Waals surface area contributed by atoms with Crippen molar-refractivity contribution in [2.24, 2.45) is 0 Å². The summed E-state index contributed by atoms with van der Waals surface area (Å²) in [5.41, 5.74) is 1.27. The molecule has 0 saturated carbocycles. The van der Waals surface area contributed by atoms with Crippen LogP contribution < -0.4 is 10.6 Å². The molecule has 7 nitrogen and oxygen atoms in total. The highest BCUT2D eigenvalue weighted by molar-refractivity contribution is 5.93. The van der Waals surface area contributed by atoms with Crippen LogP contribution in [0.1, 0.15) is 23.2 Å². The van der Waals surface area contributed by atoms with Gasteiger partial charge in [0.1, 0.15) is 17.8 Å². The Labute approximate surface area is 110 Å². The maximum absolute atomic E-state index is 11.6. The zero-order valence-corrected chi connectivity index (χ0v) is 10.7. The monoisotopic (exact) mass is 260 g/mol. The lowest BCUT2D eigenvalue weighted by atomic mass is 10.3. The number of aromatic nitrogens is 4. The van der Waals surface area contributed by atoms with Crippen LogP contribution in [0.25, 0.3) is 0 Å². The highest BCUT2D eigenvalue weighted by atomic mass is 16.1. The second kappa shape index (κ2) is 6.48. The minimum Gasteiger partial charge on any atom is -0.384 e. The summed E-state index contributed by atoms with van der Waals surface area (Å²) in [4.78, 5) is 19.7. The molecule has 0 fully saturated rings. The predicted octanol–water partition coefficient (Wildman–Crippen LogP) is 0.604. The Morgan fingerprint density at radius 3 is 3.05 bits per heavy atom. The summed E-state index contributed by atoms with van der Waals surface area (Å²) in [6, 6.07) is 3.55. The van der Waals surface area contributed by atoms with Crippen LogP contribution in [-0.4, -0.2) is 39.2 Å². The molecule has 2 rings (SSSR count). The smallest absolute Gasteiger partial charge is 0.269 e. The van der Waals surface area contributed by atoms with E-state index in [1.807, 2.05) is 13.0 Å². The maximum atomic E-state index is 11.6. The quantitative estimate of drug-likeness (QED) is 0.707. The van der Waals surface area contributed by atoms with Gasteiger partial charge in [0.25, 0.3) is 5.91 Å². The third-order valence-electron chi connectivity index (χ3n) is 2.49. The second-order valence-corrected chi connectivity index (χ2v) is 3.90. The molecule has 0 unspecified atom stereocenters. The Hall–Kier alpha value is -2.44. The van der Waals surface area contributed by atoms with Crippen molar-refractivity contribution in [3.63, 3.8) is 0 Å². The van der Waals surface area contributed by atoms with Gasteiger partial charge in [-0.15, -0.1) is 0 Å². The standard InChI is InChI=1S/C12H16N6O/c1-2-13-12(19)10-7-9(3-5-15-10)14-6-4-11-16-8-17-18-11/h3,5,7-8H,2,4,6H2,1H3,(H,13,19)(H,14,15)(H,16,17,18). The van der Waals surface area contributed by atoms with E-state index in [9.17, 15) is 4.79 Å². The maximum Gasteiger partial charge on any atom is 0.269 e. The van der Waals surface area contributed by atoms with E-state index in [0.717, 1.165) is 17.9 Å². The molecular formula is C12H16N6O. The molecule has 0 aliphatic heterocycles. The number of nitrogens with zero attached hydrogens (tertiary/aromatic N) is 3. The molecule has 0 bridgehead atoms. The number of amides is 1. The minimum atomic E-state index is -0.165. The van der Waals surface area contributed by atoms with E-state index in [-0.39, 0.29) is 5.91 Å². The van der Waals surface area contributed by atoms with Crippen LogP contribution in [0.2, 0.25) is 0 Å². The number of carbonyl (C=O) groups is 1.